The number of likely N-dealkylation sites (tertiary alicyclic amines) is 1. The van der Waals surface area contributed by atoms with Crippen LogP contribution in [-0.4, -0.2) is 48.6 Å². The number of carbonyl (C=O) groups excluding carboxylic acids is 2. The number of piperidine rings is 1. The van der Waals surface area contributed by atoms with Crippen molar-refractivity contribution in [2.24, 2.45) is 5.92 Å². The lowest BCUT2D eigenvalue weighted by molar-refractivity contribution is -0.139. The Labute approximate surface area is 192 Å². The first-order valence-electron chi connectivity index (χ1n) is 12.1. The molecule has 1 aliphatic carbocycles. The Morgan fingerprint density at radius 1 is 1.09 bits per heavy atom. The fourth-order valence-corrected chi connectivity index (χ4v) is 4.44. The fourth-order valence-electron chi connectivity index (χ4n) is 4.44. The Kier molecular flexibility index (Phi) is 9.15. The number of allylic oxidation sites excluding steroid dienone is 1. The van der Waals surface area contributed by atoms with E-state index in [1.54, 1.807) is 0 Å². The number of nitrogens with one attached hydrogen (secondary N) is 1. The molecule has 0 saturated carbocycles. The summed E-state index contributed by atoms with van der Waals surface area (Å²) in [6.07, 6.45) is 5.39. The van der Waals surface area contributed by atoms with Gasteiger partial charge < -0.3 is 19.7 Å². The number of rotatable bonds is 9. The van der Waals surface area contributed by atoms with Gasteiger partial charge in [0.05, 0.1) is 24.9 Å². The zero-order valence-corrected chi connectivity index (χ0v) is 19.8. The average molecular weight is 443 g/mol. The monoisotopic (exact) mass is 442 g/mol. The van der Waals surface area contributed by atoms with Crippen LogP contribution in [0.2, 0.25) is 0 Å². The summed E-state index contributed by atoms with van der Waals surface area (Å²) in [4.78, 5) is 27.7. The topological polar surface area (TPSA) is 67.9 Å². The van der Waals surface area contributed by atoms with Crippen LogP contribution in [0.25, 0.3) is 0 Å². The number of nitrogens with zero attached hydrogens (tertiary/aromatic N) is 1. The van der Waals surface area contributed by atoms with E-state index in [0.717, 1.165) is 37.8 Å². The van der Waals surface area contributed by atoms with Crippen LogP contribution in [0.3, 0.4) is 0 Å². The van der Waals surface area contributed by atoms with Crippen LogP contribution < -0.4 is 5.32 Å². The van der Waals surface area contributed by atoms with Crippen LogP contribution in [0.5, 0.6) is 0 Å². The second-order valence-corrected chi connectivity index (χ2v) is 9.07. The van der Waals surface area contributed by atoms with Crippen molar-refractivity contribution < 1.29 is 19.1 Å². The molecule has 1 aromatic carbocycles. The molecule has 1 fully saturated rings. The van der Waals surface area contributed by atoms with Crippen molar-refractivity contribution in [1.29, 1.82) is 0 Å². The van der Waals surface area contributed by atoms with Crippen molar-refractivity contribution in [2.45, 2.75) is 78.0 Å². The van der Waals surface area contributed by atoms with E-state index in [4.69, 9.17) is 9.47 Å². The molecule has 1 saturated heterocycles. The largest absolute Gasteiger partial charge is 0.463 e. The normalized spacial score (nSPS) is 18.6. The molecule has 1 N–H and O–H groups in total. The first kappa shape index (κ1) is 24.3. The molecule has 0 bridgehead atoms. The number of esters is 1. The lowest BCUT2D eigenvalue weighted by Gasteiger charge is -2.36. The van der Waals surface area contributed by atoms with Gasteiger partial charge in [0.1, 0.15) is 6.04 Å². The zero-order valence-electron chi connectivity index (χ0n) is 19.8. The summed E-state index contributed by atoms with van der Waals surface area (Å²) in [5.74, 6) is -0.0174. The highest BCUT2D eigenvalue weighted by Gasteiger charge is 2.32. The van der Waals surface area contributed by atoms with Crippen LogP contribution in [0.1, 0.15) is 64.9 Å². The Hall–Kier alpha value is -2.34. The maximum atomic E-state index is 13.4. The van der Waals surface area contributed by atoms with Gasteiger partial charge in [-0.25, -0.2) is 4.79 Å². The number of hydrogen-bond donors (Lipinski definition) is 1. The molecule has 0 unspecified atom stereocenters. The van der Waals surface area contributed by atoms with Gasteiger partial charge >= 0.3 is 5.97 Å². The van der Waals surface area contributed by atoms with Gasteiger partial charge in [0.25, 0.3) is 0 Å². The summed E-state index contributed by atoms with van der Waals surface area (Å²) in [6, 6.07) is 9.85. The predicted molar refractivity (Wildman–Crippen MR) is 125 cm³/mol. The zero-order chi connectivity index (χ0) is 22.9. The number of benzene rings is 1. The minimum Gasteiger partial charge on any atom is -0.463 e. The van der Waals surface area contributed by atoms with Crippen LogP contribution in [0.4, 0.5) is 0 Å². The van der Waals surface area contributed by atoms with Crippen LogP contribution in [0, 0.1) is 5.92 Å². The van der Waals surface area contributed by atoms with E-state index in [1.807, 2.05) is 30.0 Å². The second-order valence-electron chi connectivity index (χ2n) is 9.07. The van der Waals surface area contributed by atoms with Gasteiger partial charge in [0.15, 0.2) is 0 Å². The Bertz CT molecular complexity index is 782. The second kappa shape index (κ2) is 12.0. The Balaban J connectivity index is 1.57. The van der Waals surface area contributed by atoms with E-state index >= 15 is 0 Å². The number of carbonyl (C=O) groups is 2. The summed E-state index contributed by atoms with van der Waals surface area (Å²) in [5, 5.41) is 3.46. The van der Waals surface area contributed by atoms with Crippen molar-refractivity contribution >= 4 is 11.9 Å². The third kappa shape index (κ3) is 6.58. The van der Waals surface area contributed by atoms with Gasteiger partial charge in [-0.15, -0.1) is 0 Å². The number of amides is 1. The highest BCUT2D eigenvalue weighted by molar-refractivity contribution is 5.90. The molecule has 6 heteroatoms. The van der Waals surface area contributed by atoms with Crippen molar-refractivity contribution in [3.8, 4) is 0 Å². The molecule has 0 radical (unpaired) electrons. The van der Waals surface area contributed by atoms with Crippen molar-refractivity contribution in [1.82, 2.24) is 10.2 Å². The fraction of sp³-hybridized carbons (Fsp3) is 0.615. The quantitative estimate of drug-likeness (QED) is 0.581. The highest BCUT2D eigenvalue weighted by Crippen LogP contribution is 2.26. The minimum atomic E-state index is -0.339. The molecule has 2 aliphatic rings. The van der Waals surface area contributed by atoms with Crippen molar-refractivity contribution in [3.63, 3.8) is 0 Å². The van der Waals surface area contributed by atoms with E-state index in [0.29, 0.717) is 38.3 Å². The van der Waals surface area contributed by atoms with Gasteiger partial charge in [-0.1, -0.05) is 44.2 Å². The molecule has 0 aromatic heterocycles. The van der Waals surface area contributed by atoms with Crippen LogP contribution in [0.15, 0.2) is 41.6 Å². The SMILES string of the molecule is CCOC(=O)C1=C(N[C@H](C(=O)N2CCC(OCc3ccccc3)CC2)C(C)C)CCCC1. The van der Waals surface area contributed by atoms with Gasteiger partial charge in [0.2, 0.25) is 5.91 Å². The van der Waals surface area contributed by atoms with E-state index in [9.17, 15) is 9.59 Å². The first-order valence-corrected chi connectivity index (χ1v) is 12.1. The molecule has 176 valence electrons. The van der Waals surface area contributed by atoms with Gasteiger partial charge in [-0.2, -0.15) is 0 Å². The molecule has 1 atom stereocenters. The van der Waals surface area contributed by atoms with E-state index in [2.05, 4.69) is 31.3 Å². The van der Waals surface area contributed by atoms with Crippen molar-refractivity contribution in [2.75, 3.05) is 19.7 Å². The minimum absolute atomic E-state index is 0.114. The number of ether oxygens (including phenoxy) is 2. The standard InChI is InChI=1S/C26H38N2O4/c1-4-31-26(30)22-12-8-9-13-23(22)27-24(19(2)3)25(29)28-16-14-21(15-17-28)32-18-20-10-6-5-7-11-20/h5-7,10-11,19,21,24,27H,4,8-9,12-18H2,1-3H3/t24-/m0/s1. The summed E-state index contributed by atoms with van der Waals surface area (Å²) < 4.78 is 11.3. The first-order chi connectivity index (χ1) is 15.5. The summed E-state index contributed by atoms with van der Waals surface area (Å²) in [5.41, 5.74) is 2.78. The lowest BCUT2D eigenvalue weighted by atomic mass is 9.93. The van der Waals surface area contributed by atoms with E-state index in [1.165, 1.54) is 5.56 Å². The van der Waals surface area contributed by atoms with Crippen molar-refractivity contribution in [3.05, 3.63) is 47.2 Å². The smallest absolute Gasteiger partial charge is 0.335 e. The maximum Gasteiger partial charge on any atom is 0.335 e. The van der Waals surface area contributed by atoms with E-state index in [-0.39, 0.29) is 29.9 Å². The molecular weight excluding hydrogens is 404 g/mol. The van der Waals surface area contributed by atoms with Gasteiger partial charge in [-0.05, 0) is 56.9 Å². The van der Waals surface area contributed by atoms with Crippen LogP contribution in [-0.2, 0) is 25.7 Å². The third-order valence-corrected chi connectivity index (χ3v) is 6.33. The number of hydrogen-bond acceptors (Lipinski definition) is 5. The van der Waals surface area contributed by atoms with Gasteiger partial charge in [-0.3, -0.25) is 4.79 Å². The van der Waals surface area contributed by atoms with E-state index < -0.39 is 0 Å². The summed E-state index contributed by atoms with van der Waals surface area (Å²) >= 11 is 0. The Morgan fingerprint density at radius 3 is 2.44 bits per heavy atom. The lowest BCUT2D eigenvalue weighted by Crippen LogP contribution is -2.52. The third-order valence-electron chi connectivity index (χ3n) is 6.33. The highest BCUT2D eigenvalue weighted by atomic mass is 16.5. The van der Waals surface area contributed by atoms with Gasteiger partial charge in [0, 0.05) is 18.8 Å². The molecule has 1 aliphatic heterocycles. The molecule has 1 amide bonds. The summed E-state index contributed by atoms with van der Waals surface area (Å²) in [6.45, 7) is 8.31. The molecular formula is C26H38N2O4. The average Bonchev–Trinajstić information content (AvgIpc) is 2.82. The van der Waals surface area contributed by atoms with Crippen LogP contribution >= 0.6 is 0 Å². The Morgan fingerprint density at radius 2 is 1.78 bits per heavy atom. The molecule has 1 heterocycles. The molecule has 6 nitrogen and oxygen atoms in total. The molecule has 0 spiro atoms. The molecule has 1 aromatic rings. The predicted octanol–water partition coefficient (Wildman–Crippen LogP) is 4.20. The molecule has 32 heavy (non-hydrogen) atoms. The molecule has 3 rings (SSSR count). The maximum absolute atomic E-state index is 13.4. The summed E-state index contributed by atoms with van der Waals surface area (Å²) in [7, 11) is 0.